The fourth-order valence-electron chi connectivity index (χ4n) is 1.06. The van der Waals surface area contributed by atoms with Gasteiger partial charge in [0.1, 0.15) is 13.2 Å². The molecule has 0 aliphatic heterocycles. The quantitative estimate of drug-likeness (QED) is 0.246. The van der Waals surface area contributed by atoms with Crippen LogP contribution in [0, 0.1) is 50.6 Å². The molecule has 0 fully saturated rings. The first-order valence-electron chi connectivity index (χ1n) is 4.65. The van der Waals surface area contributed by atoms with Crippen molar-refractivity contribution in [2.75, 3.05) is 19.7 Å². The third kappa shape index (κ3) is 4.04. The molecule has 0 rings (SSSR count). The SMILES string of the molecule is O=[N+]([O-])OCCN(CC([N+](=O)[O-])([N+](=O)[O-])[N+](=O)[O-])[N+](=O)[O-]. The molecule has 0 amide bonds. The van der Waals surface area contributed by atoms with Crippen molar-refractivity contribution in [2.45, 2.75) is 5.79 Å². The maximum atomic E-state index is 10.6. The molecule has 0 unspecified atom stereocenters. The van der Waals surface area contributed by atoms with Crippen LogP contribution in [-0.2, 0) is 4.84 Å². The Balaban J connectivity index is 5.29. The summed E-state index contributed by atoms with van der Waals surface area (Å²) in [6.07, 6.45) is 0. The highest BCUT2D eigenvalue weighted by Crippen LogP contribution is 2.14. The van der Waals surface area contributed by atoms with Crippen molar-refractivity contribution in [1.82, 2.24) is 5.01 Å². The fraction of sp³-hybridized carbons (Fsp3) is 1.00. The van der Waals surface area contributed by atoms with Crippen LogP contribution in [0.25, 0.3) is 0 Å². The average molecular weight is 314 g/mol. The summed E-state index contributed by atoms with van der Waals surface area (Å²) >= 11 is 0. The van der Waals surface area contributed by atoms with Crippen LogP contribution in [0.3, 0.4) is 0 Å². The van der Waals surface area contributed by atoms with E-state index in [2.05, 4.69) is 4.84 Å². The predicted molar refractivity (Wildman–Crippen MR) is 55.2 cm³/mol. The Labute approximate surface area is 112 Å². The summed E-state index contributed by atoms with van der Waals surface area (Å²) in [5.74, 6) is -4.08. The minimum atomic E-state index is -4.08. The standard InChI is InChI=1S/C4H6N6O11/c11-6(12)4(7(13)14,8(15)16)3-5(9(17)18)1-2-21-10(19)20/h1-3H2. The highest BCUT2D eigenvalue weighted by Gasteiger charge is 2.73. The second-order valence-electron chi connectivity index (χ2n) is 3.23. The summed E-state index contributed by atoms with van der Waals surface area (Å²) in [7, 11) is 0. The molecule has 0 aliphatic carbocycles. The zero-order valence-electron chi connectivity index (χ0n) is 9.80. The molecule has 0 saturated heterocycles. The molecule has 0 bridgehead atoms. The Morgan fingerprint density at radius 1 is 0.857 bits per heavy atom. The fourth-order valence-corrected chi connectivity index (χ4v) is 1.06. The van der Waals surface area contributed by atoms with Gasteiger partial charge in [0.2, 0.25) is 0 Å². The number of hydrazine groups is 1. The number of hydrogen-bond acceptors (Lipinski definition) is 11. The van der Waals surface area contributed by atoms with Crippen molar-refractivity contribution >= 4 is 0 Å². The lowest BCUT2D eigenvalue weighted by molar-refractivity contribution is -0.973. The Kier molecular flexibility index (Phi) is 5.59. The summed E-state index contributed by atoms with van der Waals surface area (Å²) in [4.78, 5) is 50.1. The summed E-state index contributed by atoms with van der Waals surface area (Å²) in [5, 5.41) is 49.1. The largest absolute Gasteiger partial charge is 0.723 e. The summed E-state index contributed by atoms with van der Waals surface area (Å²) in [5.41, 5.74) is 0. The van der Waals surface area contributed by atoms with E-state index < -0.39 is 50.4 Å². The van der Waals surface area contributed by atoms with Gasteiger partial charge in [0.15, 0.2) is 19.8 Å². The first-order valence-corrected chi connectivity index (χ1v) is 4.65. The molecular weight excluding hydrogens is 308 g/mol. The number of nitrogens with zero attached hydrogens (tertiary/aromatic N) is 6. The van der Waals surface area contributed by atoms with Crippen LogP contribution in [0.15, 0.2) is 0 Å². The van der Waals surface area contributed by atoms with Gasteiger partial charge in [0.05, 0.1) is 0 Å². The Hall–Kier alpha value is -3.40. The lowest BCUT2D eigenvalue weighted by Gasteiger charge is -2.14. The van der Waals surface area contributed by atoms with Crippen LogP contribution in [0.2, 0.25) is 0 Å². The smallest absolute Gasteiger partial charge is 0.312 e. The molecule has 0 aromatic rings. The summed E-state index contributed by atoms with van der Waals surface area (Å²) < 4.78 is 0. The van der Waals surface area contributed by atoms with E-state index in [0.717, 1.165) is 0 Å². The van der Waals surface area contributed by atoms with E-state index in [1.165, 1.54) is 0 Å². The number of nitro groups is 4. The van der Waals surface area contributed by atoms with Crippen LogP contribution in [0.1, 0.15) is 0 Å². The van der Waals surface area contributed by atoms with E-state index in [1.54, 1.807) is 0 Å². The van der Waals surface area contributed by atoms with Crippen LogP contribution < -0.4 is 0 Å². The Bertz CT molecular complexity index is 439. The third-order valence-corrected chi connectivity index (χ3v) is 2.05. The van der Waals surface area contributed by atoms with Crippen LogP contribution in [-0.4, -0.2) is 55.4 Å². The highest BCUT2D eigenvalue weighted by atomic mass is 16.9. The van der Waals surface area contributed by atoms with Gasteiger partial charge in [-0.25, -0.2) is 10.1 Å². The van der Waals surface area contributed by atoms with Gasteiger partial charge in [0.25, 0.3) is 11.6 Å². The van der Waals surface area contributed by atoms with Gasteiger partial charge < -0.3 is 4.84 Å². The monoisotopic (exact) mass is 314 g/mol. The molecule has 118 valence electrons. The van der Waals surface area contributed by atoms with Crippen molar-refractivity contribution in [3.8, 4) is 0 Å². The van der Waals surface area contributed by atoms with Crippen molar-refractivity contribution in [3.05, 3.63) is 50.6 Å². The second-order valence-corrected chi connectivity index (χ2v) is 3.23. The van der Waals surface area contributed by atoms with Gasteiger partial charge in [-0.05, 0) is 0 Å². The van der Waals surface area contributed by atoms with Crippen molar-refractivity contribution in [2.24, 2.45) is 0 Å². The van der Waals surface area contributed by atoms with E-state index in [1.807, 2.05) is 0 Å². The molecule has 0 radical (unpaired) electrons. The summed E-state index contributed by atoms with van der Waals surface area (Å²) in [6.45, 7) is -3.85. The zero-order valence-corrected chi connectivity index (χ0v) is 9.80. The van der Waals surface area contributed by atoms with Crippen LogP contribution in [0.5, 0.6) is 0 Å². The molecule has 0 atom stereocenters. The van der Waals surface area contributed by atoms with E-state index >= 15 is 0 Å². The van der Waals surface area contributed by atoms with Gasteiger partial charge in [-0.15, -0.1) is 15.1 Å². The van der Waals surface area contributed by atoms with Crippen molar-refractivity contribution in [3.63, 3.8) is 0 Å². The molecule has 0 spiro atoms. The third-order valence-electron chi connectivity index (χ3n) is 2.05. The maximum absolute atomic E-state index is 10.6. The zero-order chi connectivity index (χ0) is 16.8. The van der Waals surface area contributed by atoms with Crippen molar-refractivity contribution < 1.29 is 29.7 Å². The van der Waals surface area contributed by atoms with E-state index in [9.17, 15) is 50.6 Å². The van der Waals surface area contributed by atoms with E-state index in [4.69, 9.17) is 0 Å². The lowest BCUT2D eigenvalue weighted by Crippen LogP contribution is -2.61. The van der Waals surface area contributed by atoms with Crippen LogP contribution >= 0.6 is 0 Å². The molecule has 0 aromatic heterocycles. The summed E-state index contributed by atoms with van der Waals surface area (Å²) in [6, 6.07) is 0. The van der Waals surface area contributed by atoms with Gasteiger partial charge in [-0.2, -0.15) is 0 Å². The molecule has 21 heavy (non-hydrogen) atoms. The first kappa shape index (κ1) is 17.6. The Morgan fingerprint density at radius 2 is 1.29 bits per heavy atom. The Morgan fingerprint density at radius 3 is 1.57 bits per heavy atom. The molecule has 17 nitrogen and oxygen atoms in total. The normalized spacial score (nSPS) is 10.5. The second kappa shape index (κ2) is 6.68. The highest BCUT2D eigenvalue weighted by molar-refractivity contribution is 4.58. The molecular formula is C4H6N6O11. The molecule has 0 saturated carbocycles. The average Bonchev–Trinajstić information content (AvgIpc) is 2.30. The topological polar surface area (TPSA) is 228 Å². The van der Waals surface area contributed by atoms with E-state index in [0.29, 0.717) is 0 Å². The molecule has 0 heterocycles. The number of hydrogen-bond donors (Lipinski definition) is 0. The maximum Gasteiger partial charge on any atom is 0.723 e. The minimum Gasteiger partial charge on any atom is -0.312 e. The predicted octanol–water partition coefficient (Wildman–Crippen LogP) is -1.83. The van der Waals surface area contributed by atoms with Crippen LogP contribution in [0.4, 0.5) is 0 Å². The number of rotatable bonds is 10. The van der Waals surface area contributed by atoms with Crippen molar-refractivity contribution in [1.29, 1.82) is 0 Å². The minimum absolute atomic E-state index is 0.294. The molecule has 0 N–H and O–H groups in total. The lowest BCUT2D eigenvalue weighted by atomic mass is 10.3. The van der Waals surface area contributed by atoms with E-state index in [-0.39, 0.29) is 5.01 Å². The van der Waals surface area contributed by atoms with Gasteiger partial charge in [-0.1, -0.05) is 0 Å². The molecule has 0 aliphatic rings. The van der Waals surface area contributed by atoms with Gasteiger partial charge in [0, 0.05) is 0 Å². The van der Waals surface area contributed by atoms with Gasteiger partial charge in [-0.3, -0.25) is 30.3 Å². The van der Waals surface area contributed by atoms with Gasteiger partial charge >= 0.3 is 5.79 Å². The molecule has 17 heteroatoms. The first-order chi connectivity index (χ1) is 9.55. The molecule has 0 aromatic carbocycles.